The minimum Gasteiger partial charge on any atom is -1.00 e. The van der Waals surface area contributed by atoms with Crippen molar-refractivity contribution in [1.29, 1.82) is 0 Å². The van der Waals surface area contributed by atoms with Gasteiger partial charge in [-0.15, -0.1) is 0 Å². The first-order valence-corrected chi connectivity index (χ1v) is 11.3. The molecule has 0 saturated carbocycles. The zero-order chi connectivity index (χ0) is 17.1. The number of nitrogens with zero attached hydrogens (tertiary/aromatic N) is 2. The smallest absolute Gasteiger partial charge is 0.0784 e. The van der Waals surface area contributed by atoms with Crippen LogP contribution in [0.3, 0.4) is 0 Å². The highest BCUT2D eigenvalue weighted by atomic mass is 79.9. The van der Waals surface area contributed by atoms with Crippen molar-refractivity contribution in [3.63, 3.8) is 0 Å². The van der Waals surface area contributed by atoms with Crippen LogP contribution in [0.25, 0.3) is 0 Å². The third-order valence-corrected chi connectivity index (χ3v) is 6.94. The lowest BCUT2D eigenvalue weighted by Gasteiger charge is -2.33. The highest BCUT2D eigenvalue weighted by molar-refractivity contribution is 4.54. The lowest BCUT2D eigenvalue weighted by molar-refractivity contribution is -0.909. The van der Waals surface area contributed by atoms with Crippen molar-refractivity contribution in [2.45, 2.75) is 89.9 Å². The summed E-state index contributed by atoms with van der Waals surface area (Å²) in [5, 5.41) is 0. The monoisotopic (exact) mass is 417 g/mol. The topological polar surface area (TPSA) is 0 Å². The van der Waals surface area contributed by atoms with E-state index in [0.29, 0.717) is 0 Å². The SMILES string of the molecule is C[N+]1(CCCCCCCC[N+]2(C)CCCCCC2)CCCCCC1.[Br-]. The van der Waals surface area contributed by atoms with Gasteiger partial charge in [-0.05, 0) is 77.0 Å². The summed E-state index contributed by atoms with van der Waals surface area (Å²) >= 11 is 0. The first-order valence-electron chi connectivity index (χ1n) is 11.3. The van der Waals surface area contributed by atoms with Gasteiger partial charge in [0.15, 0.2) is 0 Å². The summed E-state index contributed by atoms with van der Waals surface area (Å²) in [6, 6.07) is 0. The van der Waals surface area contributed by atoms with E-state index in [1.54, 1.807) is 0 Å². The molecule has 2 rings (SSSR count). The maximum absolute atomic E-state index is 2.51. The van der Waals surface area contributed by atoms with Crippen molar-refractivity contribution in [3.05, 3.63) is 0 Å². The van der Waals surface area contributed by atoms with Crippen LogP contribution in [0.4, 0.5) is 0 Å². The predicted octanol–water partition coefficient (Wildman–Crippen LogP) is 2.37. The largest absolute Gasteiger partial charge is 1.00 e. The third-order valence-electron chi connectivity index (χ3n) is 6.94. The van der Waals surface area contributed by atoms with Crippen LogP contribution in [0.2, 0.25) is 0 Å². The molecule has 3 heteroatoms. The Morgan fingerprint density at radius 3 is 1.04 bits per heavy atom. The van der Waals surface area contributed by atoms with E-state index in [-0.39, 0.29) is 17.0 Å². The van der Waals surface area contributed by atoms with Gasteiger partial charge in [0.1, 0.15) is 0 Å². The lowest BCUT2D eigenvalue weighted by atomic mass is 10.1. The summed E-state index contributed by atoms with van der Waals surface area (Å²) in [5.74, 6) is 0. The Hall–Kier alpha value is 0.400. The molecule has 2 nitrogen and oxygen atoms in total. The van der Waals surface area contributed by atoms with Gasteiger partial charge in [0.25, 0.3) is 0 Å². The van der Waals surface area contributed by atoms with Crippen LogP contribution in [-0.4, -0.2) is 62.3 Å². The molecule has 2 saturated heterocycles. The number of likely N-dealkylation sites (tertiary alicyclic amines) is 2. The van der Waals surface area contributed by atoms with Crippen LogP contribution >= 0.6 is 0 Å². The van der Waals surface area contributed by atoms with E-state index in [1.165, 1.54) is 138 Å². The normalized spacial score (nSPS) is 23.3. The van der Waals surface area contributed by atoms with Gasteiger partial charge >= 0.3 is 0 Å². The average Bonchev–Trinajstić information content (AvgIpc) is 2.91. The Bertz CT molecular complexity index is 284. The van der Waals surface area contributed by atoms with Gasteiger partial charge in [0, 0.05) is 0 Å². The van der Waals surface area contributed by atoms with E-state index >= 15 is 0 Å². The molecule has 0 aromatic carbocycles. The molecule has 0 aliphatic carbocycles. The number of unbranched alkanes of at least 4 members (excludes halogenated alkanes) is 5. The molecule has 0 bridgehead atoms. The summed E-state index contributed by atoms with van der Waals surface area (Å²) in [7, 11) is 5.02. The van der Waals surface area contributed by atoms with Crippen LogP contribution in [0.1, 0.15) is 89.9 Å². The van der Waals surface area contributed by atoms with Crippen molar-refractivity contribution < 1.29 is 25.9 Å². The Morgan fingerprint density at radius 1 is 0.440 bits per heavy atom. The molecule has 0 unspecified atom stereocenters. The minimum atomic E-state index is 0. The van der Waals surface area contributed by atoms with E-state index in [0.717, 1.165) is 0 Å². The minimum absolute atomic E-state index is 0. The molecule has 0 amide bonds. The van der Waals surface area contributed by atoms with Gasteiger partial charge in [-0.1, -0.05) is 12.8 Å². The fourth-order valence-electron chi connectivity index (χ4n) is 5.05. The maximum atomic E-state index is 2.51. The number of rotatable bonds is 9. The average molecular weight is 419 g/mol. The highest BCUT2D eigenvalue weighted by Crippen LogP contribution is 2.19. The molecule has 2 aliphatic rings. The van der Waals surface area contributed by atoms with E-state index in [9.17, 15) is 0 Å². The number of halogens is 1. The van der Waals surface area contributed by atoms with Gasteiger partial charge in [-0.25, -0.2) is 0 Å². The van der Waals surface area contributed by atoms with Gasteiger partial charge in [-0.2, -0.15) is 0 Å². The Labute approximate surface area is 169 Å². The Morgan fingerprint density at radius 2 is 0.720 bits per heavy atom. The number of hydrogen-bond acceptors (Lipinski definition) is 0. The van der Waals surface area contributed by atoms with E-state index in [2.05, 4.69) is 14.1 Å². The highest BCUT2D eigenvalue weighted by Gasteiger charge is 2.23. The summed E-state index contributed by atoms with van der Waals surface area (Å²) < 4.78 is 2.74. The first-order chi connectivity index (χ1) is 11.6. The Balaban J connectivity index is 0.00000312. The Kier molecular flexibility index (Phi) is 11.9. The van der Waals surface area contributed by atoms with Crippen LogP contribution in [0.5, 0.6) is 0 Å². The molecule has 2 heterocycles. The second-order valence-electron chi connectivity index (χ2n) is 9.53. The maximum Gasteiger partial charge on any atom is 0.0784 e. The summed E-state index contributed by atoms with van der Waals surface area (Å²) in [6.45, 7) is 8.64. The zero-order valence-corrected chi connectivity index (χ0v) is 19.0. The van der Waals surface area contributed by atoms with Crippen LogP contribution in [-0.2, 0) is 0 Å². The van der Waals surface area contributed by atoms with E-state index in [4.69, 9.17) is 0 Å². The summed E-state index contributed by atoms with van der Waals surface area (Å²) in [6.07, 6.45) is 20.6. The molecule has 0 spiro atoms. The van der Waals surface area contributed by atoms with Gasteiger partial charge < -0.3 is 25.9 Å². The van der Waals surface area contributed by atoms with E-state index < -0.39 is 0 Å². The zero-order valence-electron chi connectivity index (χ0n) is 17.4. The van der Waals surface area contributed by atoms with Crippen LogP contribution < -0.4 is 17.0 Å². The number of hydrogen-bond donors (Lipinski definition) is 0. The lowest BCUT2D eigenvalue weighted by Crippen LogP contribution is -3.00. The second kappa shape index (κ2) is 12.7. The standard InChI is InChI=1S/C22H46N2.BrH/c1-23(19-13-7-8-14-20-23)17-11-5-3-4-6-12-18-24(2)21-15-9-10-16-22-24;/h3-22H2,1-2H3;1H/q+2;/p-1. The van der Waals surface area contributed by atoms with Gasteiger partial charge in [0.2, 0.25) is 0 Å². The molecule has 0 atom stereocenters. The predicted molar refractivity (Wildman–Crippen MR) is 106 cm³/mol. The van der Waals surface area contributed by atoms with Crippen molar-refractivity contribution in [2.24, 2.45) is 0 Å². The van der Waals surface area contributed by atoms with Crippen molar-refractivity contribution in [1.82, 2.24) is 0 Å². The van der Waals surface area contributed by atoms with Gasteiger partial charge in [-0.3, -0.25) is 0 Å². The van der Waals surface area contributed by atoms with Crippen molar-refractivity contribution in [3.8, 4) is 0 Å². The summed E-state index contributed by atoms with van der Waals surface area (Å²) in [4.78, 5) is 0. The first kappa shape index (κ1) is 23.4. The molecule has 0 N–H and O–H groups in total. The quantitative estimate of drug-likeness (QED) is 0.398. The second-order valence-corrected chi connectivity index (χ2v) is 9.53. The number of quaternary nitrogens is 2. The molecule has 0 aromatic rings. The molecule has 0 radical (unpaired) electrons. The molecule has 150 valence electrons. The third kappa shape index (κ3) is 9.77. The van der Waals surface area contributed by atoms with Crippen LogP contribution in [0, 0.1) is 0 Å². The van der Waals surface area contributed by atoms with Gasteiger partial charge in [0.05, 0.1) is 53.4 Å². The van der Waals surface area contributed by atoms with E-state index in [1.807, 2.05) is 0 Å². The fourth-order valence-corrected chi connectivity index (χ4v) is 5.05. The molecule has 2 aliphatic heterocycles. The van der Waals surface area contributed by atoms with Crippen molar-refractivity contribution in [2.75, 3.05) is 53.4 Å². The molecular formula is C22H46BrN2+. The summed E-state index contributed by atoms with van der Waals surface area (Å²) in [5.41, 5.74) is 0. The molecule has 2 fully saturated rings. The molecule has 25 heavy (non-hydrogen) atoms. The van der Waals surface area contributed by atoms with Crippen molar-refractivity contribution >= 4 is 0 Å². The van der Waals surface area contributed by atoms with Crippen LogP contribution in [0.15, 0.2) is 0 Å². The molecular weight excluding hydrogens is 372 g/mol. The fraction of sp³-hybridized carbons (Fsp3) is 1.00. The molecule has 0 aromatic heterocycles.